The van der Waals surface area contributed by atoms with Gasteiger partial charge in [0, 0.05) is 0 Å². The fourth-order valence-corrected chi connectivity index (χ4v) is 2.83. The van der Waals surface area contributed by atoms with Crippen LogP contribution in [0.25, 0.3) is 0 Å². The van der Waals surface area contributed by atoms with Gasteiger partial charge >= 0.3 is 0 Å². The molecule has 2 aromatic rings. The van der Waals surface area contributed by atoms with Crippen molar-refractivity contribution in [3.8, 4) is 17.2 Å². The molecule has 25 heavy (non-hydrogen) atoms. The van der Waals surface area contributed by atoms with E-state index in [4.69, 9.17) is 14.2 Å². The maximum absolute atomic E-state index is 12.3. The standard InChI is InChI=1S/C20H23NO4/c1-14-4-7-16(8-5-14)25-13-19(22)21-20(10-11-20)15-6-9-17(23-2)18(12-15)24-3/h4-9,12H,10-11,13H2,1-3H3,(H,21,22). The van der Waals surface area contributed by atoms with Gasteiger partial charge in [0.1, 0.15) is 5.75 Å². The summed E-state index contributed by atoms with van der Waals surface area (Å²) in [6, 6.07) is 13.4. The molecule has 3 rings (SSSR count). The van der Waals surface area contributed by atoms with Crippen molar-refractivity contribution in [2.45, 2.75) is 25.3 Å². The first-order valence-electron chi connectivity index (χ1n) is 8.29. The van der Waals surface area contributed by atoms with Gasteiger partial charge in [0.2, 0.25) is 0 Å². The first-order chi connectivity index (χ1) is 12.1. The van der Waals surface area contributed by atoms with E-state index in [-0.39, 0.29) is 18.1 Å². The lowest BCUT2D eigenvalue weighted by atomic mass is 10.0. The maximum Gasteiger partial charge on any atom is 0.258 e. The molecule has 1 N–H and O–H groups in total. The van der Waals surface area contributed by atoms with E-state index in [9.17, 15) is 4.79 Å². The fraction of sp³-hybridized carbons (Fsp3) is 0.350. The molecule has 1 aliphatic carbocycles. The predicted octanol–water partition coefficient (Wildman–Crippen LogP) is 3.20. The van der Waals surface area contributed by atoms with Crippen LogP contribution in [0.2, 0.25) is 0 Å². The number of carbonyl (C=O) groups excluding carboxylic acids is 1. The number of amides is 1. The van der Waals surface area contributed by atoms with Crippen molar-refractivity contribution in [1.29, 1.82) is 0 Å². The third-order valence-electron chi connectivity index (χ3n) is 4.46. The molecule has 5 heteroatoms. The number of methoxy groups -OCH3 is 2. The summed E-state index contributed by atoms with van der Waals surface area (Å²) >= 11 is 0. The number of rotatable bonds is 7. The Morgan fingerprint density at radius 3 is 2.32 bits per heavy atom. The lowest BCUT2D eigenvalue weighted by molar-refractivity contribution is -0.124. The Kier molecular flexibility index (Phi) is 4.83. The van der Waals surface area contributed by atoms with Gasteiger partial charge in [0.15, 0.2) is 18.1 Å². The van der Waals surface area contributed by atoms with Crippen molar-refractivity contribution in [2.24, 2.45) is 0 Å². The van der Waals surface area contributed by atoms with Crippen LogP contribution in [0, 0.1) is 6.92 Å². The highest BCUT2D eigenvalue weighted by molar-refractivity contribution is 5.79. The van der Waals surface area contributed by atoms with Crippen molar-refractivity contribution in [1.82, 2.24) is 5.32 Å². The number of aryl methyl sites for hydroxylation is 1. The zero-order valence-electron chi connectivity index (χ0n) is 14.8. The predicted molar refractivity (Wildman–Crippen MR) is 95.3 cm³/mol. The van der Waals surface area contributed by atoms with Gasteiger partial charge in [-0.2, -0.15) is 0 Å². The molecule has 1 amide bonds. The molecule has 132 valence electrons. The number of benzene rings is 2. The molecule has 1 fully saturated rings. The van der Waals surface area contributed by atoms with Crippen molar-refractivity contribution in [3.05, 3.63) is 53.6 Å². The Morgan fingerprint density at radius 1 is 1.04 bits per heavy atom. The van der Waals surface area contributed by atoms with Crippen LogP contribution in [0.15, 0.2) is 42.5 Å². The molecule has 0 heterocycles. The summed E-state index contributed by atoms with van der Waals surface area (Å²) in [6.45, 7) is 2.01. The molecule has 1 saturated carbocycles. The molecule has 0 radical (unpaired) electrons. The minimum Gasteiger partial charge on any atom is -0.493 e. The van der Waals surface area contributed by atoms with Gasteiger partial charge in [-0.3, -0.25) is 4.79 Å². The normalized spacial score (nSPS) is 14.5. The highest BCUT2D eigenvalue weighted by Crippen LogP contribution is 2.47. The Hall–Kier alpha value is -2.69. The van der Waals surface area contributed by atoms with Gasteiger partial charge in [0.05, 0.1) is 19.8 Å². The smallest absolute Gasteiger partial charge is 0.258 e. The Balaban J connectivity index is 1.63. The van der Waals surface area contributed by atoms with Crippen LogP contribution in [0.4, 0.5) is 0 Å². The monoisotopic (exact) mass is 341 g/mol. The van der Waals surface area contributed by atoms with Crippen molar-refractivity contribution < 1.29 is 19.0 Å². The number of ether oxygens (including phenoxy) is 3. The van der Waals surface area contributed by atoms with Gasteiger partial charge in [-0.1, -0.05) is 23.8 Å². The van der Waals surface area contributed by atoms with Crippen molar-refractivity contribution in [3.63, 3.8) is 0 Å². The Morgan fingerprint density at radius 2 is 1.72 bits per heavy atom. The lowest BCUT2D eigenvalue weighted by Gasteiger charge is -2.20. The molecule has 0 saturated heterocycles. The third-order valence-corrected chi connectivity index (χ3v) is 4.46. The lowest BCUT2D eigenvalue weighted by Crippen LogP contribution is -2.38. The molecule has 5 nitrogen and oxygen atoms in total. The van der Waals surface area contributed by atoms with Crippen LogP contribution in [0.5, 0.6) is 17.2 Å². The topological polar surface area (TPSA) is 56.8 Å². The molecule has 2 aromatic carbocycles. The molecule has 0 spiro atoms. The van der Waals surface area contributed by atoms with E-state index in [2.05, 4.69) is 5.32 Å². The zero-order valence-corrected chi connectivity index (χ0v) is 14.8. The Labute approximate surface area is 147 Å². The summed E-state index contributed by atoms with van der Waals surface area (Å²) in [4.78, 5) is 12.3. The van der Waals surface area contributed by atoms with E-state index in [0.717, 1.165) is 24.0 Å². The first-order valence-corrected chi connectivity index (χ1v) is 8.29. The summed E-state index contributed by atoms with van der Waals surface area (Å²) in [7, 11) is 3.21. The summed E-state index contributed by atoms with van der Waals surface area (Å²) < 4.78 is 16.2. The second kappa shape index (κ2) is 7.05. The molecule has 0 aromatic heterocycles. The second-order valence-electron chi connectivity index (χ2n) is 6.30. The van der Waals surface area contributed by atoms with Gasteiger partial charge in [-0.25, -0.2) is 0 Å². The van der Waals surface area contributed by atoms with Crippen LogP contribution in [-0.4, -0.2) is 26.7 Å². The largest absolute Gasteiger partial charge is 0.493 e. The van der Waals surface area contributed by atoms with Crippen LogP contribution in [0.3, 0.4) is 0 Å². The SMILES string of the molecule is COc1ccc(C2(NC(=O)COc3ccc(C)cc3)CC2)cc1OC. The van der Waals surface area contributed by atoms with E-state index in [0.29, 0.717) is 17.2 Å². The molecule has 0 atom stereocenters. The molecule has 0 aliphatic heterocycles. The number of hydrogen-bond acceptors (Lipinski definition) is 4. The van der Waals surface area contributed by atoms with Crippen molar-refractivity contribution in [2.75, 3.05) is 20.8 Å². The summed E-state index contributed by atoms with van der Waals surface area (Å²) in [5.41, 5.74) is 1.85. The summed E-state index contributed by atoms with van der Waals surface area (Å²) in [5.74, 6) is 1.90. The fourth-order valence-electron chi connectivity index (χ4n) is 2.83. The second-order valence-corrected chi connectivity index (χ2v) is 6.30. The quantitative estimate of drug-likeness (QED) is 0.840. The molecular weight excluding hydrogens is 318 g/mol. The van der Waals surface area contributed by atoms with Gasteiger partial charge < -0.3 is 19.5 Å². The van der Waals surface area contributed by atoms with Crippen LogP contribution in [0.1, 0.15) is 24.0 Å². The van der Waals surface area contributed by atoms with Crippen molar-refractivity contribution >= 4 is 5.91 Å². The average Bonchev–Trinajstić information content (AvgIpc) is 3.41. The number of carbonyl (C=O) groups is 1. The van der Waals surface area contributed by atoms with Crippen LogP contribution in [-0.2, 0) is 10.3 Å². The molecule has 0 bridgehead atoms. The highest BCUT2D eigenvalue weighted by Gasteiger charge is 2.46. The number of hydrogen-bond donors (Lipinski definition) is 1. The van der Waals surface area contributed by atoms with E-state index < -0.39 is 0 Å². The first kappa shape index (κ1) is 17.1. The van der Waals surface area contributed by atoms with E-state index in [1.165, 1.54) is 0 Å². The molecule has 1 aliphatic rings. The minimum absolute atomic E-state index is 0.00188. The summed E-state index contributed by atoms with van der Waals surface area (Å²) in [5, 5.41) is 3.09. The molecule has 0 unspecified atom stereocenters. The van der Waals surface area contributed by atoms with Gasteiger partial charge in [-0.05, 0) is 49.6 Å². The third kappa shape index (κ3) is 3.87. The minimum atomic E-state index is -0.326. The molecular formula is C20H23NO4. The van der Waals surface area contributed by atoms with E-state index in [1.54, 1.807) is 14.2 Å². The number of nitrogens with one attached hydrogen (secondary N) is 1. The van der Waals surface area contributed by atoms with E-state index in [1.807, 2.05) is 49.4 Å². The van der Waals surface area contributed by atoms with Gasteiger partial charge in [-0.15, -0.1) is 0 Å². The maximum atomic E-state index is 12.3. The van der Waals surface area contributed by atoms with E-state index >= 15 is 0 Å². The van der Waals surface area contributed by atoms with Gasteiger partial charge in [0.25, 0.3) is 5.91 Å². The van der Waals surface area contributed by atoms with Crippen LogP contribution >= 0.6 is 0 Å². The summed E-state index contributed by atoms with van der Waals surface area (Å²) in [6.07, 6.45) is 1.80. The average molecular weight is 341 g/mol. The van der Waals surface area contributed by atoms with Crippen LogP contribution < -0.4 is 19.5 Å². The highest BCUT2D eigenvalue weighted by atomic mass is 16.5. The Bertz CT molecular complexity index is 751. The zero-order chi connectivity index (χ0) is 17.9.